The fourth-order valence-electron chi connectivity index (χ4n) is 1.22. The fourth-order valence-corrected chi connectivity index (χ4v) is 1.22. The molecule has 1 aromatic rings. The van der Waals surface area contributed by atoms with Crippen LogP contribution in [0.25, 0.3) is 0 Å². The van der Waals surface area contributed by atoms with E-state index in [9.17, 15) is 5.11 Å². The van der Waals surface area contributed by atoms with E-state index in [0.717, 1.165) is 5.56 Å². The van der Waals surface area contributed by atoms with Crippen LogP contribution in [0.1, 0.15) is 18.9 Å². The largest absolute Gasteiger partial charge is 0.481 e. The van der Waals surface area contributed by atoms with Crippen LogP contribution in [0.5, 0.6) is 5.88 Å². The summed E-state index contributed by atoms with van der Waals surface area (Å²) in [7, 11) is 1.56. The molecule has 3 heteroatoms. The summed E-state index contributed by atoms with van der Waals surface area (Å²) >= 11 is 0. The molecule has 1 aromatic heterocycles. The molecule has 0 radical (unpaired) electrons. The second-order valence-corrected chi connectivity index (χ2v) is 3.36. The molecule has 76 valence electrons. The van der Waals surface area contributed by atoms with Crippen molar-refractivity contribution in [3.05, 3.63) is 36.5 Å². The van der Waals surface area contributed by atoms with E-state index >= 15 is 0 Å². The van der Waals surface area contributed by atoms with E-state index in [1.54, 1.807) is 38.4 Å². The molecule has 1 rings (SSSR count). The molecule has 0 spiro atoms. The number of ether oxygens (including phenoxy) is 1. The minimum atomic E-state index is -0.902. The van der Waals surface area contributed by atoms with Gasteiger partial charge in [-0.1, -0.05) is 6.08 Å². The van der Waals surface area contributed by atoms with Gasteiger partial charge < -0.3 is 9.84 Å². The van der Waals surface area contributed by atoms with Crippen LogP contribution < -0.4 is 4.74 Å². The molecule has 1 N–H and O–H groups in total. The Balaban J connectivity index is 2.90. The third-order valence-electron chi connectivity index (χ3n) is 2.11. The van der Waals surface area contributed by atoms with Crippen molar-refractivity contribution in [2.45, 2.75) is 18.9 Å². The molecule has 1 atom stereocenters. The maximum atomic E-state index is 10.00. The third-order valence-corrected chi connectivity index (χ3v) is 2.11. The molecule has 0 bridgehead atoms. The lowest BCUT2D eigenvalue weighted by Crippen LogP contribution is -2.20. The monoisotopic (exact) mass is 193 g/mol. The lowest BCUT2D eigenvalue weighted by Gasteiger charge is -2.21. The van der Waals surface area contributed by atoms with Gasteiger partial charge in [0.05, 0.1) is 12.7 Å². The highest BCUT2D eigenvalue weighted by molar-refractivity contribution is 5.23. The van der Waals surface area contributed by atoms with E-state index in [0.29, 0.717) is 12.3 Å². The van der Waals surface area contributed by atoms with Crippen LogP contribution in [0.3, 0.4) is 0 Å². The quantitative estimate of drug-likeness (QED) is 0.742. The predicted octanol–water partition coefficient (Wildman–Crippen LogP) is 1.87. The number of nitrogens with zero attached hydrogens (tertiary/aromatic N) is 1. The molecule has 0 aliphatic heterocycles. The number of aromatic nitrogens is 1. The highest BCUT2D eigenvalue weighted by Crippen LogP contribution is 2.24. The Morgan fingerprint density at radius 2 is 2.36 bits per heavy atom. The summed E-state index contributed by atoms with van der Waals surface area (Å²) in [5.41, 5.74) is -0.140. The third kappa shape index (κ3) is 2.33. The molecule has 1 heterocycles. The minimum Gasteiger partial charge on any atom is -0.481 e. The maximum Gasteiger partial charge on any atom is 0.212 e. The zero-order chi connectivity index (χ0) is 10.6. The van der Waals surface area contributed by atoms with Gasteiger partial charge in [0.25, 0.3) is 0 Å². The Bertz CT molecular complexity index is 304. The van der Waals surface area contributed by atoms with E-state index in [1.165, 1.54) is 0 Å². The van der Waals surface area contributed by atoms with Gasteiger partial charge in [-0.05, 0) is 19.4 Å². The van der Waals surface area contributed by atoms with Gasteiger partial charge in [0.1, 0.15) is 0 Å². The van der Waals surface area contributed by atoms with Crippen LogP contribution >= 0.6 is 0 Å². The van der Waals surface area contributed by atoms with Crippen molar-refractivity contribution in [2.75, 3.05) is 7.11 Å². The lowest BCUT2D eigenvalue weighted by molar-refractivity contribution is 0.0602. The van der Waals surface area contributed by atoms with Gasteiger partial charge >= 0.3 is 0 Å². The Morgan fingerprint density at radius 1 is 1.64 bits per heavy atom. The molecular weight excluding hydrogens is 178 g/mol. The second kappa shape index (κ2) is 4.24. The van der Waals surface area contributed by atoms with E-state index in [1.807, 2.05) is 0 Å². The molecule has 0 saturated heterocycles. The Hall–Kier alpha value is -1.35. The van der Waals surface area contributed by atoms with Gasteiger partial charge in [-0.25, -0.2) is 4.98 Å². The fraction of sp³-hybridized carbons (Fsp3) is 0.364. The van der Waals surface area contributed by atoms with Crippen LogP contribution in [0, 0.1) is 0 Å². The van der Waals surface area contributed by atoms with Crippen LogP contribution in [-0.2, 0) is 5.60 Å². The summed E-state index contributed by atoms with van der Waals surface area (Å²) < 4.78 is 4.93. The molecular formula is C11H15NO2. The van der Waals surface area contributed by atoms with Crippen molar-refractivity contribution in [3.63, 3.8) is 0 Å². The van der Waals surface area contributed by atoms with Crippen molar-refractivity contribution in [2.24, 2.45) is 0 Å². The van der Waals surface area contributed by atoms with E-state index in [2.05, 4.69) is 11.6 Å². The Morgan fingerprint density at radius 3 is 2.79 bits per heavy atom. The molecule has 0 amide bonds. The first kappa shape index (κ1) is 10.7. The van der Waals surface area contributed by atoms with Crippen LogP contribution in [-0.4, -0.2) is 17.2 Å². The zero-order valence-electron chi connectivity index (χ0n) is 8.53. The smallest absolute Gasteiger partial charge is 0.212 e. The van der Waals surface area contributed by atoms with Crippen molar-refractivity contribution < 1.29 is 9.84 Å². The first-order chi connectivity index (χ1) is 6.60. The minimum absolute atomic E-state index is 0.501. The average molecular weight is 193 g/mol. The highest BCUT2D eigenvalue weighted by Gasteiger charge is 2.21. The summed E-state index contributed by atoms with van der Waals surface area (Å²) in [4.78, 5) is 4.03. The molecule has 0 unspecified atom stereocenters. The number of methoxy groups -OCH3 is 1. The predicted molar refractivity (Wildman–Crippen MR) is 55.2 cm³/mol. The van der Waals surface area contributed by atoms with Crippen molar-refractivity contribution in [1.29, 1.82) is 0 Å². The maximum absolute atomic E-state index is 10.00. The van der Waals surface area contributed by atoms with Crippen LogP contribution in [0.2, 0.25) is 0 Å². The van der Waals surface area contributed by atoms with E-state index < -0.39 is 5.60 Å². The molecule has 0 aliphatic carbocycles. The first-order valence-electron chi connectivity index (χ1n) is 4.44. The molecule has 0 fully saturated rings. The Kier molecular flexibility index (Phi) is 3.25. The summed E-state index contributed by atoms with van der Waals surface area (Å²) in [6, 6.07) is 3.53. The molecule has 0 saturated carbocycles. The lowest BCUT2D eigenvalue weighted by atomic mass is 9.94. The number of hydrogen-bond acceptors (Lipinski definition) is 3. The number of aliphatic hydroxyl groups is 1. The standard InChI is InChI=1S/C11H15NO2/c1-4-7-11(2,13)9-5-6-10(14-3)12-8-9/h4-6,8,13H,1,7H2,2-3H3/t11-/m0/s1. The number of rotatable bonds is 4. The van der Waals surface area contributed by atoms with Gasteiger partial charge in [-0.2, -0.15) is 0 Å². The van der Waals surface area contributed by atoms with Gasteiger partial charge in [0.15, 0.2) is 0 Å². The van der Waals surface area contributed by atoms with E-state index in [4.69, 9.17) is 4.74 Å². The van der Waals surface area contributed by atoms with Crippen LogP contribution in [0.15, 0.2) is 31.0 Å². The summed E-state index contributed by atoms with van der Waals surface area (Å²) in [5.74, 6) is 0.545. The zero-order valence-corrected chi connectivity index (χ0v) is 8.53. The highest BCUT2D eigenvalue weighted by atomic mass is 16.5. The topological polar surface area (TPSA) is 42.4 Å². The van der Waals surface area contributed by atoms with Crippen molar-refractivity contribution in [3.8, 4) is 5.88 Å². The van der Waals surface area contributed by atoms with Crippen molar-refractivity contribution >= 4 is 0 Å². The first-order valence-corrected chi connectivity index (χ1v) is 4.44. The molecule has 0 aliphatic rings. The SMILES string of the molecule is C=CC[C@](C)(O)c1ccc(OC)nc1. The van der Waals surface area contributed by atoms with E-state index in [-0.39, 0.29) is 0 Å². The second-order valence-electron chi connectivity index (χ2n) is 3.36. The molecule has 3 nitrogen and oxygen atoms in total. The number of hydrogen-bond donors (Lipinski definition) is 1. The summed E-state index contributed by atoms with van der Waals surface area (Å²) in [6.07, 6.45) is 3.80. The Labute approximate surface area is 84.1 Å². The molecule has 0 aromatic carbocycles. The van der Waals surface area contributed by atoms with Crippen LogP contribution in [0.4, 0.5) is 0 Å². The van der Waals surface area contributed by atoms with Gasteiger partial charge in [-0.15, -0.1) is 6.58 Å². The number of pyridine rings is 1. The van der Waals surface area contributed by atoms with Gasteiger partial charge in [0.2, 0.25) is 5.88 Å². The van der Waals surface area contributed by atoms with Crippen molar-refractivity contribution in [1.82, 2.24) is 4.98 Å². The summed E-state index contributed by atoms with van der Waals surface area (Å²) in [5, 5.41) is 10.00. The van der Waals surface area contributed by atoms with Gasteiger partial charge in [0, 0.05) is 17.8 Å². The summed E-state index contributed by atoms with van der Waals surface area (Å²) in [6.45, 7) is 5.33. The molecule has 14 heavy (non-hydrogen) atoms. The van der Waals surface area contributed by atoms with Gasteiger partial charge in [-0.3, -0.25) is 0 Å². The normalized spacial score (nSPS) is 14.5. The average Bonchev–Trinajstić information content (AvgIpc) is 2.18.